The average Bonchev–Trinajstić information content (AvgIpc) is 2.60. The quantitative estimate of drug-likeness (QED) is 0.561. The summed E-state index contributed by atoms with van der Waals surface area (Å²) in [5.74, 6) is 1.91. The molecule has 1 nitrogen and oxygen atoms in total. The molecule has 0 atom stereocenters. The van der Waals surface area contributed by atoms with Crippen molar-refractivity contribution >= 4 is 0 Å². The van der Waals surface area contributed by atoms with Gasteiger partial charge in [-0.3, -0.25) is 0 Å². The third kappa shape index (κ3) is 5.13. The second-order valence-corrected chi connectivity index (χ2v) is 5.37. The number of benzene rings is 2. The largest absolute Gasteiger partial charge is 0.457 e. The van der Waals surface area contributed by atoms with Crippen LogP contribution >= 0.6 is 0 Å². The molecule has 0 unspecified atom stereocenters. The van der Waals surface area contributed by atoms with E-state index in [1.807, 2.05) is 39.8 Å². The topological polar surface area (TPSA) is 9.23 Å². The van der Waals surface area contributed by atoms with Crippen molar-refractivity contribution in [3.05, 3.63) is 57.6 Å². The van der Waals surface area contributed by atoms with E-state index in [9.17, 15) is 0 Å². The fourth-order valence-electron chi connectivity index (χ4n) is 2.34. The highest BCUT2D eigenvalue weighted by atomic mass is 16.5. The second-order valence-electron chi connectivity index (χ2n) is 5.37. The number of aryl methyl sites for hydroxylation is 1. The number of hydrogen-bond donors (Lipinski definition) is 0. The van der Waals surface area contributed by atoms with Gasteiger partial charge in [-0.2, -0.15) is 0 Å². The van der Waals surface area contributed by atoms with Crippen LogP contribution in [0.4, 0.5) is 0 Å². The van der Waals surface area contributed by atoms with E-state index in [-0.39, 0.29) is 0 Å². The predicted octanol–water partition coefficient (Wildman–Crippen LogP) is 7.38. The smallest absolute Gasteiger partial charge is 0.133 e. The Kier molecular flexibility index (Phi) is 9.32. The Balaban J connectivity index is 0.00000112. The first-order valence-electron chi connectivity index (χ1n) is 8.73. The van der Waals surface area contributed by atoms with Crippen molar-refractivity contribution in [2.75, 3.05) is 0 Å². The molecule has 23 heavy (non-hydrogen) atoms. The lowest BCUT2D eigenvalue weighted by Gasteiger charge is -2.19. The van der Waals surface area contributed by atoms with E-state index in [4.69, 9.17) is 4.74 Å². The zero-order valence-corrected chi connectivity index (χ0v) is 16.7. The van der Waals surface area contributed by atoms with Gasteiger partial charge in [-0.05, 0) is 81.5 Å². The maximum absolute atomic E-state index is 6.11. The second kappa shape index (κ2) is 10.1. The van der Waals surface area contributed by atoms with Crippen LogP contribution in [0.15, 0.2) is 24.3 Å². The molecule has 0 aliphatic rings. The van der Waals surface area contributed by atoms with Crippen LogP contribution in [0.25, 0.3) is 0 Å². The van der Waals surface area contributed by atoms with Gasteiger partial charge in [-0.1, -0.05) is 45.4 Å². The minimum Gasteiger partial charge on any atom is -0.457 e. The first-order valence-corrected chi connectivity index (χ1v) is 8.73. The summed E-state index contributed by atoms with van der Waals surface area (Å²) in [7, 11) is 0. The fraction of sp³-hybridized carbons (Fsp3) is 0.455. The average molecular weight is 315 g/mol. The molecule has 0 spiro atoms. The van der Waals surface area contributed by atoms with Crippen LogP contribution in [0.1, 0.15) is 61.1 Å². The summed E-state index contributed by atoms with van der Waals surface area (Å²) in [6, 6.07) is 8.21. The third-order valence-electron chi connectivity index (χ3n) is 4.17. The molecule has 0 saturated carbocycles. The van der Waals surface area contributed by atoms with Gasteiger partial charge in [-0.25, -0.2) is 0 Å². The van der Waals surface area contributed by atoms with E-state index < -0.39 is 0 Å². The maximum Gasteiger partial charge on any atom is 0.133 e. The van der Waals surface area contributed by atoms with Crippen molar-refractivity contribution in [2.45, 2.75) is 69.2 Å². The molecule has 0 N–H and O–H groups in total. The van der Waals surface area contributed by atoms with Crippen LogP contribution in [0.5, 0.6) is 11.5 Å². The van der Waals surface area contributed by atoms with Gasteiger partial charge in [0.05, 0.1) is 0 Å². The van der Waals surface area contributed by atoms with E-state index in [1.165, 1.54) is 33.4 Å². The van der Waals surface area contributed by atoms with Crippen molar-refractivity contribution in [3.63, 3.8) is 0 Å². The van der Waals surface area contributed by atoms with Crippen molar-refractivity contribution < 1.29 is 4.74 Å². The Bertz CT molecular complexity index is 578. The highest BCUT2D eigenvalue weighted by molar-refractivity contribution is 5.54. The molecular formula is C22H34O. The highest BCUT2D eigenvalue weighted by Crippen LogP contribution is 2.35. The summed E-state index contributed by atoms with van der Waals surface area (Å²) in [5.41, 5.74) is 7.74. The molecule has 0 saturated heterocycles. The summed E-state index contributed by atoms with van der Waals surface area (Å²) in [6.45, 7) is 20.9. The number of rotatable bonds is 2. The molecule has 0 aliphatic carbocycles. The molecule has 0 radical (unpaired) electrons. The zero-order chi connectivity index (χ0) is 18.2. The SMILES string of the molecule is CC.CC.Cc1ccc(Oc2c(C)c(C)c(C)c(C)c2C)cc1. The lowest BCUT2D eigenvalue weighted by Crippen LogP contribution is -2.00. The number of ether oxygens (including phenoxy) is 1. The van der Waals surface area contributed by atoms with Crippen molar-refractivity contribution in [2.24, 2.45) is 0 Å². The molecule has 0 fully saturated rings. The Labute approximate surface area is 143 Å². The zero-order valence-electron chi connectivity index (χ0n) is 16.7. The van der Waals surface area contributed by atoms with E-state index >= 15 is 0 Å². The van der Waals surface area contributed by atoms with Crippen LogP contribution in [0.2, 0.25) is 0 Å². The van der Waals surface area contributed by atoms with Gasteiger partial charge in [0.25, 0.3) is 0 Å². The Morgan fingerprint density at radius 2 is 0.870 bits per heavy atom. The first kappa shape index (κ1) is 21.2. The third-order valence-corrected chi connectivity index (χ3v) is 4.17. The van der Waals surface area contributed by atoms with Gasteiger partial charge in [0, 0.05) is 0 Å². The molecule has 128 valence electrons. The van der Waals surface area contributed by atoms with Crippen LogP contribution in [-0.2, 0) is 0 Å². The Morgan fingerprint density at radius 1 is 0.522 bits per heavy atom. The fourth-order valence-corrected chi connectivity index (χ4v) is 2.34. The van der Waals surface area contributed by atoms with E-state index in [0.717, 1.165) is 11.5 Å². The van der Waals surface area contributed by atoms with Gasteiger partial charge >= 0.3 is 0 Å². The van der Waals surface area contributed by atoms with Crippen LogP contribution in [0.3, 0.4) is 0 Å². The molecule has 2 aromatic rings. The Morgan fingerprint density at radius 3 is 1.26 bits per heavy atom. The highest BCUT2D eigenvalue weighted by Gasteiger charge is 2.13. The van der Waals surface area contributed by atoms with Gasteiger partial charge in [-0.15, -0.1) is 0 Å². The van der Waals surface area contributed by atoms with Gasteiger partial charge in [0.1, 0.15) is 11.5 Å². The summed E-state index contributed by atoms with van der Waals surface area (Å²) in [5, 5.41) is 0. The predicted molar refractivity (Wildman–Crippen MR) is 104 cm³/mol. The van der Waals surface area contributed by atoms with E-state index in [2.05, 4.69) is 53.7 Å². The van der Waals surface area contributed by atoms with Gasteiger partial charge in [0.2, 0.25) is 0 Å². The lowest BCUT2D eigenvalue weighted by molar-refractivity contribution is 0.473. The molecule has 0 amide bonds. The minimum atomic E-state index is 0.902. The first-order chi connectivity index (χ1) is 10.9. The summed E-state index contributed by atoms with van der Waals surface area (Å²) < 4.78 is 6.11. The molecule has 1 heteroatoms. The minimum absolute atomic E-state index is 0.902. The summed E-state index contributed by atoms with van der Waals surface area (Å²) in [4.78, 5) is 0. The summed E-state index contributed by atoms with van der Waals surface area (Å²) >= 11 is 0. The van der Waals surface area contributed by atoms with Gasteiger partial charge < -0.3 is 4.74 Å². The molecule has 0 bridgehead atoms. The van der Waals surface area contributed by atoms with Gasteiger partial charge in [0.15, 0.2) is 0 Å². The molecule has 0 aromatic heterocycles. The van der Waals surface area contributed by atoms with E-state index in [1.54, 1.807) is 0 Å². The van der Waals surface area contributed by atoms with Crippen molar-refractivity contribution in [3.8, 4) is 11.5 Å². The van der Waals surface area contributed by atoms with Crippen molar-refractivity contribution in [1.82, 2.24) is 0 Å². The molecule has 2 aromatic carbocycles. The van der Waals surface area contributed by atoms with Crippen LogP contribution in [0, 0.1) is 41.5 Å². The number of hydrogen-bond acceptors (Lipinski definition) is 1. The van der Waals surface area contributed by atoms with Crippen LogP contribution in [-0.4, -0.2) is 0 Å². The normalized spacial score (nSPS) is 9.30. The monoisotopic (exact) mass is 314 g/mol. The van der Waals surface area contributed by atoms with Crippen LogP contribution < -0.4 is 4.74 Å². The summed E-state index contributed by atoms with van der Waals surface area (Å²) in [6.07, 6.45) is 0. The van der Waals surface area contributed by atoms with Crippen molar-refractivity contribution in [1.29, 1.82) is 0 Å². The molecular weight excluding hydrogens is 280 g/mol. The van der Waals surface area contributed by atoms with E-state index in [0.29, 0.717) is 0 Å². The standard InChI is InChI=1S/C18H22O.2C2H6/c1-11-7-9-17(10-8-11)19-18-15(5)13(3)12(2)14(4)16(18)6;2*1-2/h7-10H,1-6H3;2*1-2H3. The lowest BCUT2D eigenvalue weighted by atomic mass is 9.94. The molecule has 0 aliphatic heterocycles. The molecule has 0 heterocycles. The Hall–Kier alpha value is -1.76. The molecule has 2 rings (SSSR count). The maximum atomic E-state index is 6.11.